The van der Waals surface area contributed by atoms with Gasteiger partial charge in [-0.05, 0) is 12.5 Å². The smallest absolute Gasteiger partial charge is 0.128 e. The Balaban J connectivity index is 2.51. The summed E-state index contributed by atoms with van der Waals surface area (Å²) in [7, 11) is 3.26. The van der Waals surface area contributed by atoms with Gasteiger partial charge in [0.1, 0.15) is 11.4 Å². The van der Waals surface area contributed by atoms with Crippen molar-refractivity contribution in [3.8, 4) is 0 Å². The van der Waals surface area contributed by atoms with E-state index in [0.717, 1.165) is 6.42 Å². The molecule has 0 aliphatic carbocycles. The van der Waals surface area contributed by atoms with Gasteiger partial charge in [0, 0.05) is 19.8 Å². The Hall–Kier alpha value is -0.970. The van der Waals surface area contributed by atoms with E-state index in [2.05, 4.69) is 0 Å². The first-order valence-electron chi connectivity index (χ1n) is 6.02. The highest BCUT2D eigenvalue weighted by molar-refractivity contribution is 5.16. The molecule has 1 aromatic rings. The molecule has 0 N–H and O–H groups in total. The van der Waals surface area contributed by atoms with E-state index in [0.29, 0.717) is 18.8 Å². The molecule has 4 heteroatoms. The van der Waals surface area contributed by atoms with E-state index in [1.165, 1.54) is 6.07 Å². The highest BCUT2D eigenvalue weighted by atomic mass is 19.1. The SMILES string of the molecule is CCC(COC)(COCc1ccccc1F)OC. The van der Waals surface area contributed by atoms with E-state index in [4.69, 9.17) is 14.2 Å². The second-order valence-electron chi connectivity index (χ2n) is 4.26. The van der Waals surface area contributed by atoms with Crippen LogP contribution in [0.2, 0.25) is 0 Å². The van der Waals surface area contributed by atoms with Gasteiger partial charge in [0.2, 0.25) is 0 Å². The molecule has 1 unspecified atom stereocenters. The monoisotopic (exact) mass is 256 g/mol. The van der Waals surface area contributed by atoms with Crippen LogP contribution in [-0.4, -0.2) is 33.0 Å². The third-order valence-electron chi connectivity index (χ3n) is 3.07. The van der Waals surface area contributed by atoms with Crippen molar-refractivity contribution >= 4 is 0 Å². The molecule has 0 saturated carbocycles. The fraction of sp³-hybridized carbons (Fsp3) is 0.571. The normalized spacial score (nSPS) is 14.4. The molecule has 0 bridgehead atoms. The second-order valence-corrected chi connectivity index (χ2v) is 4.26. The highest BCUT2D eigenvalue weighted by Crippen LogP contribution is 2.17. The second kappa shape index (κ2) is 7.46. The Morgan fingerprint density at radius 1 is 1.17 bits per heavy atom. The van der Waals surface area contributed by atoms with Crippen LogP contribution in [0.3, 0.4) is 0 Å². The Bertz CT molecular complexity index is 351. The van der Waals surface area contributed by atoms with Gasteiger partial charge in [-0.25, -0.2) is 4.39 Å². The van der Waals surface area contributed by atoms with E-state index < -0.39 is 5.60 Å². The zero-order valence-corrected chi connectivity index (χ0v) is 11.2. The van der Waals surface area contributed by atoms with Crippen molar-refractivity contribution in [1.82, 2.24) is 0 Å². The Labute approximate surface area is 108 Å². The van der Waals surface area contributed by atoms with Crippen molar-refractivity contribution in [2.75, 3.05) is 27.4 Å². The van der Waals surface area contributed by atoms with E-state index in [1.54, 1.807) is 32.4 Å². The Morgan fingerprint density at radius 2 is 1.89 bits per heavy atom. The molecule has 0 heterocycles. The molecule has 0 spiro atoms. The number of benzene rings is 1. The topological polar surface area (TPSA) is 27.7 Å². The highest BCUT2D eigenvalue weighted by Gasteiger charge is 2.28. The summed E-state index contributed by atoms with van der Waals surface area (Å²) < 4.78 is 29.5. The van der Waals surface area contributed by atoms with Crippen molar-refractivity contribution in [2.24, 2.45) is 0 Å². The largest absolute Gasteiger partial charge is 0.382 e. The number of ether oxygens (including phenoxy) is 3. The van der Waals surface area contributed by atoms with Gasteiger partial charge < -0.3 is 14.2 Å². The molecule has 18 heavy (non-hydrogen) atoms. The molecule has 102 valence electrons. The molecular weight excluding hydrogens is 235 g/mol. The molecule has 0 fully saturated rings. The van der Waals surface area contributed by atoms with Crippen LogP contribution in [0.25, 0.3) is 0 Å². The lowest BCUT2D eigenvalue weighted by molar-refractivity contribution is -0.116. The fourth-order valence-electron chi connectivity index (χ4n) is 1.73. The summed E-state index contributed by atoms with van der Waals surface area (Å²) in [6.07, 6.45) is 0.772. The molecule has 3 nitrogen and oxygen atoms in total. The number of rotatable bonds is 8. The van der Waals surface area contributed by atoms with Crippen LogP contribution in [0.1, 0.15) is 18.9 Å². The van der Waals surface area contributed by atoms with Crippen LogP contribution in [0, 0.1) is 5.82 Å². The summed E-state index contributed by atoms with van der Waals surface area (Å²) in [5.41, 5.74) is 0.0935. The van der Waals surface area contributed by atoms with Gasteiger partial charge in [0.15, 0.2) is 0 Å². The van der Waals surface area contributed by atoms with Crippen molar-refractivity contribution in [1.29, 1.82) is 0 Å². The lowest BCUT2D eigenvalue weighted by Gasteiger charge is -2.30. The van der Waals surface area contributed by atoms with Crippen LogP contribution in [-0.2, 0) is 20.8 Å². The lowest BCUT2D eigenvalue weighted by atomic mass is 10.0. The standard InChI is InChI=1S/C14H21FO3/c1-4-14(17-3,10-16-2)11-18-9-12-7-5-6-8-13(12)15/h5-8H,4,9-11H2,1-3H3. The molecule has 0 aliphatic rings. The van der Waals surface area contributed by atoms with Crippen molar-refractivity contribution in [2.45, 2.75) is 25.6 Å². The van der Waals surface area contributed by atoms with Crippen molar-refractivity contribution in [3.63, 3.8) is 0 Å². The van der Waals surface area contributed by atoms with Gasteiger partial charge in [-0.2, -0.15) is 0 Å². The van der Waals surface area contributed by atoms with Crippen LogP contribution < -0.4 is 0 Å². The zero-order valence-electron chi connectivity index (χ0n) is 11.2. The zero-order chi connectivity index (χ0) is 13.4. The number of hydrogen-bond acceptors (Lipinski definition) is 3. The number of hydrogen-bond donors (Lipinski definition) is 0. The molecule has 0 aromatic heterocycles. The first kappa shape index (κ1) is 15.1. The van der Waals surface area contributed by atoms with Crippen LogP contribution in [0.5, 0.6) is 0 Å². The summed E-state index contributed by atoms with van der Waals surface area (Å²) in [4.78, 5) is 0. The predicted octanol–water partition coefficient (Wildman–Crippen LogP) is 2.78. The van der Waals surface area contributed by atoms with E-state index in [-0.39, 0.29) is 12.4 Å². The van der Waals surface area contributed by atoms with Crippen molar-refractivity contribution in [3.05, 3.63) is 35.6 Å². The number of halogens is 1. The average Bonchev–Trinajstić information content (AvgIpc) is 2.40. The third kappa shape index (κ3) is 4.05. The van der Waals surface area contributed by atoms with Gasteiger partial charge >= 0.3 is 0 Å². The Morgan fingerprint density at radius 3 is 2.44 bits per heavy atom. The van der Waals surface area contributed by atoms with Crippen LogP contribution in [0.15, 0.2) is 24.3 Å². The number of methoxy groups -OCH3 is 2. The summed E-state index contributed by atoms with van der Waals surface area (Å²) in [5.74, 6) is -0.247. The minimum atomic E-state index is -0.458. The van der Waals surface area contributed by atoms with Gasteiger partial charge in [0.25, 0.3) is 0 Å². The summed E-state index contributed by atoms with van der Waals surface area (Å²) in [5, 5.41) is 0. The molecule has 0 saturated heterocycles. The summed E-state index contributed by atoms with van der Waals surface area (Å²) >= 11 is 0. The van der Waals surface area contributed by atoms with Crippen molar-refractivity contribution < 1.29 is 18.6 Å². The minimum absolute atomic E-state index is 0.238. The Kier molecular flexibility index (Phi) is 6.25. The maximum atomic E-state index is 13.4. The molecule has 0 amide bonds. The lowest BCUT2D eigenvalue weighted by Crippen LogP contribution is -2.40. The summed E-state index contributed by atoms with van der Waals surface area (Å²) in [6.45, 7) is 3.08. The first-order chi connectivity index (χ1) is 8.67. The van der Waals surface area contributed by atoms with Crippen LogP contribution in [0.4, 0.5) is 4.39 Å². The molecule has 1 atom stereocenters. The van der Waals surface area contributed by atoms with Gasteiger partial charge in [-0.15, -0.1) is 0 Å². The van der Waals surface area contributed by atoms with E-state index in [1.807, 2.05) is 6.92 Å². The van der Waals surface area contributed by atoms with Gasteiger partial charge in [-0.3, -0.25) is 0 Å². The maximum Gasteiger partial charge on any atom is 0.128 e. The van der Waals surface area contributed by atoms with Gasteiger partial charge in [0.05, 0.1) is 19.8 Å². The quantitative estimate of drug-likeness (QED) is 0.716. The first-order valence-corrected chi connectivity index (χ1v) is 6.02. The molecule has 1 rings (SSSR count). The maximum absolute atomic E-state index is 13.4. The molecule has 0 radical (unpaired) electrons. The average molecular weight is 256 g/mol. The third-order valence-corrected chi connectivity index (χ3v) is 3.07. The summed E-state index contributed by atoms with van der Waals surface area (Å²) in [6, 6.07) is 6.60. The van der Waals surface area contributed by atoms with Gasteiger partial charge in [-0.1, -0.05) is 25.1 Å². The minimum Gasteiger partial charge on any atom is -0.382 e. The predicted molar refractivity (Wildman–Crippen MR) is 68.0 cm³/mol. The molecular formula is C14H21FO3. The molecule has 0 aliphatic heterocycles. The van der Waals surface area contributed by atoms with E-state index in [9.17, 15) is 4.39 Å². The molecule has 1 aromatic carbocycles. The fourth-order valence-corrected chi connectivity index (χ4v) is 1.73. The van der Waals surface area contributed by atoms with E-state index >= 15 is 0 Å². The van der Waals surface area contributed by atoms with Crippen LogP contribution >= 0.6 is 0 Å².